The zero-order valence-electron chi connectivity index (χ0n) is 10.5. The minimum absolute atomic E-state index is 0.239. The van der Waals surface area contributed by atoms with Crippen LogP contribution in [-0.4, -0.2) is 11.3 Å². The molecule has 2 atom stereocenters. The van der Waals surface area contributed by atoms with Crippen LogP contribution in [0.25, 0.3) is 0 Å². The lowest BCUT2D eigenvalue weighted by molar-refractivity contribution is 0.180. The lowest BCUT2D eigenvalue weighted by Crippen LogP contribution is -2.33. The SMILES string of the molecule is CC(O)N1c2ccccc2CC1c1ccccc1. The number of para-hydroxylation sites is 1. The van der Waals surface area contributed by atoms with Crippen molar-refractivity contribution >= 4 is 5.69 Å². The van der Waals surface area contributed by atoms with Crippen molar-refractivity contribution in [3.05, 3.63) is 65.7 Å². The van der Waals surface area contributed by atoms with E-state index in [9.17, 15) is 5.11 Å². The molecule has 0 radical (unpaired) electrons. The third-order valence-corrected chi connectivity index (χ3v) is 3.61. The van der Waals surface area contributed by atoms with Gasteiger partial charge in [-0.3, -0.25) is 0 Å². The van der Waals surface area contributed by atoms with Gasteiger partial charge in [0.2, 0.25) is 0 Å². The monoisotopic (exact) mass is 239 g/mol. The van der Waals surface area contributed by atoms with Gasteiger partial charge in [0.05, 0.1) is 6.04 Å². The Morgan fingerprint density at radius 1 is 1.06 bits per heavy atom. The van der Waals surface area contributed by atoms with Gasteiger partial charge in [-0.05, 0) is 30.5 Å². The Morgan fingerprint density at radius 2 is 1.72 bits per heavy atom. The average Bonchev–Trinajstić information content (AvgIpc) is 2.79. The van der Waals surface area contributed by atoms with Crippen molar-refractivity contribution in [3.8, 4) is 0 Å². The van der Waals surface area contributed by atoms with Gasteiger partial charge in [0.1, 0.15) is 6.23 Å². The minimum atomic E-state index is -0.473. The molecular weight excluding hydrogens is 222 g/mol. The lowest BCUT2D eigenvalue weighted by Gasteiger charge is -2.30. The van der Waals surface area contributed by atoms with Crippen molar-refractivity contribution in [2.24, 2.45) is 0 Å². The summed E-state index contributed by atoms with van der Waals surface area (Å²) in [4.78, 5) is 2.10. The molecule has 18 heavy (non-hydrogen) atoms. The number of benzene rings is 2. The first-order valence-corrected chi connectivity index (χ1v) is 6.36. The first-order valence-electron chi connectivity index (χ1n) is 6.36. The van der Waals surface area contributed by atoms with Gasteiger partial charge in [0.15, 0.2) is 0 Å². The van der Waals surface area contributed by atoms with E-state index in [0.717, 1.165) is 12.1 Å². The van der Waals surface area contributed by atoms with E-state index in [-0.39, 0.29) is 6.04 Å². The van der Waals surface area contributed by atoms with Crippen molar-refractivity contribution in [1.29, 1.82) is 0 Å². The number of aliphatic hydroxyl groups is 1. The van der Waals surface area contributed by atoms with E-state index in [2.05, 4.69) is 47.4 Å². The number of hydrogen-bond donors (Lipinski definition) is 1. The molecule has 0 saturated heterocycles. The Hall–Kier alpha value is -1.80. The lowest BCUT2D eigenvalue weighted by atomic mass is 10.0. The number of fused-ring (bicyclic) bond motifs is 1. The summed E-state index contributed by atoms with van der Waals surface area (Å²) < 4.78 is 0. The molecular formula is C16H17NO. The summed E-state index contributed by atoms with van der Waals surface area (Å²) in [6.07, 6.45) is 0.490. The van der Waals surface area contributed by atoms with E-state index >= 15 is 0 Å². The maximum Gasteiger partial charge on any atom is 0.124 e. The molecule has 2 nitrogen and oxygen atoms in total. The molecule has 0 fully saturated rings. The molecule has 2 aromatic rings. The third-order valence-electron chi connectivity index (χ3n) is 3.61. The van der Waals surface area contributed by atoms with Crippen LogP contribution in [0.2, 0.25) is 0 Å². The molecule has 0 spiro atoms. The second-order valence-corrected chi connectivity index (χ2v) is 4.80. The second-order valence-electron chi connectivity index (χ2n) is 4.80. The molecule has 1 N–H and O–H groups in total. The average molecular weight is 239 g/mol. The van der Waals surface area contributed by atoms with Crippen LogP contribution in [0.4, 0.5) is 5.69 Å². The molecule has 0 saturated carbocycles. The fourth-order valence-corrected chi connectivity index (χ4v) is 2.83. The molecule has 3 rings (SSSR count). The molecule has 0 amide bonds. The minimum Gasteiger partial charge on any atom is -0.374 e. The normalized spacial score (nSPS) is 19.7. The largest absolute Gasteiger partial charge is 0.374 e. The van der Waals surface area contributed by atoms with Gasteiger partial charge in [-0.2, -0.15) is 0 Å². The van der Waals surface area contributed by atoms with Crippen molar-refractivity contribution < 1.29 is 5.11 Å². The molecule has 1 aliphatic heterocycles. The van der Waals surface area contributed by atoms with Gasteiger partial charge < -0.3 is 10.0 Å². The van der Waals surface area contributed by atoms with E-state index in [1.54, 1.807) is 0 Å². The van der Waals surface area contributed by atoms with Gasteiger partial charge >= 0.3 is 0 Å². The highest BCUT2D eigenvalue weighted by molar-refractivity contribution is 5.61. The van der Waals surface area contributed by atoms with Gasteiger partial charge in [0, 0.05) is 5.69 Å². The highest BCUT2D eigenvalue weighted by Gasteiger charge is 2.32. The maximum atomic E-state index is 10.1. The van der Waals surface area contributed by atoms with Crippen LogP contribution in [0, 0.1) is 0 Å². The Morgan fingerprint density at radius 3 is 2.44 bits per heavy atom. The van der Waals surface area contributed by atoms with Crippen LogP contribution in [0.3, 0.4) is 0 Å². The van der Waals surface area contributed by atoms with Crippen LogP contribution < -0.4 is 4.90 Å². The zero-order chi connectivity index (χ0) is 12.5. The standard InChI is InChI=1S/C16H17NO/c1-12(18)17-15-10-6-5-9-14(15)11-16(17)13-7-3-2-4-8-13/h2-10,12,16,18H,11H2,1H3. The molecule has 1 aliphatic rings. The molecule has 0 aromatic heterocycles. The number of anilines is 1. The fourth-order valence-electron chi connectivity index (χ4n) is 2.83. The fraction of sp³-hybridized carbons (Fsp3) is 0.250. The predicted octanol–water partition coefficient (Wildman–Crippen LogP) is 3.13. The molecule has 92 valence electrons. The van der Waals surface area contributed by atoms with E-state index in [1.807, 2.05) is 19.1 Å². The van der Waals surface area contributed by atoms with Crippen molar-refractivity contribution in [1.82, 2.24) is 0 Å². The predicted molar refractivity (Wildman–Crippen MR) is 73.5 cm³/mol. The van der Waals surface area contributed by atoms with E-state index < -0.39 is 6.23 Å². The van der Waals surface area contributed by atoms with Crippen LogP contribution in [0.5, 0.6) is 0 Å². The first kappa shape index (κ1) is 11.3. The van der Waals surface area contributed by atoms with Crippen molar-refractivity contribution in [3.63, 3.8) is 0 Å². The summed E-state index contributed by atoms with van der Waals surface area (Å²) in [5, 5.41) is 10.1. The summed E-state index contributed by atoms with van der Waals surface area (Å²) >= 11 is 0. The molecule has 2 heteroatoms. The first-order chi connectivity index (χ1) is 8.77. The van der Waals surface area contributed by atoms with Gasteiger partial charge in [-0.25, -0.2) is 0 Å². The summed E-state index contributed by atoms with van der Waals surface area (Å²) in [5.41, 5.74) is 3.73. The van der Waals surface area contributed by atoms with Crippen LogP contribution in [0.15, 0.2) is 54.6 Å². The van der Waals surface area contributed by atoms with Crippen molar-refractivity contribution in [2.75, 3.05) is 4.90 Å². The Balaban J connectivity index is 2.04. The summed E-state index contributed by atoms with van der Waals surface area (Å²) in [5.74, 6) is 0. The zero-order valence-corrected chi connectivity index (χ0v) is 10.5. The Bertz CT molecular complexity index is 536. The van der Waals surface area contributed by atoms with Crippen molar-refractivity contribution in [2.45, 2.75) is 25.6 Å². The number of rotatable bonds is 2. The molecule has 0 aliphatic carbocycles. The van der Waals surface area contributed by atoms with Gasteiger partial charge in [-0.1, -0.05) is 48.5 Å². The maximum absolute atomic E-state index is 10.1. The van der Waals surface area contributed by atoms with E-state index in [0.29, 0.717) is 0 Å². The number of nitrogens with zero attached hydrogens (tertiary/aromatic N) is 1. The summed E-state index contributed by atoms with van der Waals surface area (Å²) in [7, 11) is 0. The van der Waals surface area contributed by atoms with Gasteiger partial charge in [0.25, 0.3) is 0 Å². The number of hydrogen-bond acceptors (Lipinski definition) is 2. The van der Waals surface area contributed by atoms with Crippen LogP contribution in [-0.2, 0) is 6.42 Å². The highest BCUT2D eigenvalue weighted by atomic mass is 16.3. The van der Waals surface area contributed by atoms with Crippen LogP contribution >= 0.6 is 0 Å². The summed E-state index contributed by atoms with van der Waals surface area (Å²) in [6, 6.07) is 19.0. The molecule has 0 bridgehead atoms. The second kappa shape index (κ2) is 4.46. The Kier molecular flexibility index (Phi) is 2.80. The highest BCUT2D eigenvalue weighted by Crippen LogP contribution is 2.40. The number of aliphatic hydroxyl groups excluding tert-OH is 1. The third kappa shape index (κ3) is 1.79. The molecule has 1 heterocycles. The van der Waals surface area contributed by atoms with Gasteiger partial charge in [-0.15, -0.1) is 0 Å². The molecule has 2 unspecified atom stereocenters. The van der Waals surface area contributed by atoms with Crippen LogP contribution in [0.1, 0.15) is 24.1 Å². The quantitative estimate of drug-likeness (QED) is 0.870. The van der Waals surface area contributed by atoms with E-state index in [1.165, 1.54) is 11.1 Å². The smallest absolute Gasteiger partial charge is 0.124 e. The topological polar surface area (TPSA) is 23.5 Å². The Labute approximate surface area is 107 Å². The summed E-state index contributed by atoms with van der Waals surface area (Å²) in [6.45, 7) is 1.83. The van der Waals surface area contributed by atoms with E-state index in [4.69, 9.17) is 0 Å². The molecule has 2 aromatic carbocycles.